The predicted octanol–water partition coefficient (Wildman–Crippen LogP) is 1.46. The van der Waals surface area contributed by atoms with Gasteiger partial charge in [-0.05, 0) is 12.8 Å². The highest BCUT2D eigenvalue weighted by Crippen LogP contribution is 2.22. The van der Waals surface area contributed by atoms with Crippen molar-refractivity contribution in [2.24, 2.45) is 5.92 Å². The molecule has 1 aliphatic rings. The summed E-state index contributed by atoms with van der Waals surface area (Å²) in [6.45, 7) is 3.49. The van der Waals surface area contributed by atoms with Gasteiger partial charge in [-0.15, -0.1) is 0 Å². The fourth-order valence-electron chi connectivity index (χ4n) is 1.87. The van der Waals surface area contributed by atoms with Crippen LogP contribution in [-0.2, 0) is 14.8 Å². The first-order valence-corrected chi connectivity index (χ1v) is 7.49. The second-order valence-electron chi connectivity index (χ2n) is 4.75. The van der Waals surface area contributed by atoms with Crippen molar-refractivity contribution in [3.63, 3.8) is 0 Å². The molecule has 1 aliphatic carbocycles. The summed E-state index contributed by atoms with van der Waals surface area (Å²) >= 11 is 0. The van der Waals surface area contributed by atoms with Gasteiger partial charge >= 0.3 is 0 Å². The van der Waals surface area contributed by atoms with Gasteiger partial charge in [0, 0.05) is 5.92 Å². The zero-order valence-electron chi connectivity index (χ0n) is 10.0. The summed E-state index contributed by atoms with van der Waals surface area (Å²) in [5.74, 6) is -0.173. The molecular formula is C11H21NO3S. The number of sulfonamides is 1. The molecule has 94 valence electrons. The van der Waals surface area contributed by atoms with E-state index in [1.165, 1.54) is 0 Å². The number of rotatable bonds is 5. The second kappa shape index (κ2) is 5.77. The first-order chi connectivity index (χ1) is 7.43. The van der Waals surface area contributed by atoms with E-state index in [9.17, 15) is 13.2 Å². The molecule has 0 radical (unpaired) electrons. The van der Waals surface area contributed by atoms with Gasteiger partial charge in [-0.2, -0.15) is 0 Å². The lowest BCUT2D eigenvalue weighted by Gasteiger charge is -2.21. The molecule has 0 heterocycles. The van der Waals surface area contributed by atoms with Crippen LogP contribution in [0.5, 0.6) is 0 Å². The topological polar surface area (TPSA) is 63.2 Å². The van der Waals surface area contributed by atoms with E-state index in [0.29, 0.717) is 0 Å². The third kappa shape index (κ3) is 3.87. The van der Waals surface area contributed by atoms with Crippen LogP contribution in [0.15, 0.2) is 0 Å². The molecule has 0 aromatic rings. The van der Waals surface area contributed by atoms with Crippen molar-refractivity contribution in [2.75, 3.05) is 6.54 Å². The first-order valence-electron chi connectivity index (χ1n) is 5.94. The third-order valence-corrected chi connectivity index (χ3v) is 4.98. The first kappa shape index (κ1) is 13.6. The van der Waals surface area contributed by atoms with Crippen LogP contribution in [0.3, 0.4) is 0 Å². The Morgan fingerprint density at radius 2 is 1.81 bits per heavy atom. The minimum Gasteiger partial charge on any atom is -0.298 e. The lowest BCUT2D eigenvalue weighted by atomic mass is 10.0. The van der Waals surface area contributed by atoms with E-state index in [4.69, 9.17) is 0 Å². The number of Topliss-reactive ketones (excluding diaryl/α,β-unsaturated/α-hetero) is 1. The summed E-state index contributed by atoms with van der Waals surface area (Å²) in [6.07, 6.45) is 4.53. The number of hydrogen-bond donors (Lipinski definition) is 1. The summed E-state index contributed by atoms with van der Waals surface area (Å²) < 4.78 is 26.1. The number of nitrogens with one attached hydrogen (secondary N) is 1. The fraction of sp³-hybridized carbons (Fsp3) is 0.909. The minimum atomic E-state index is -3.28. The number of ketones is 1. The normalized spacial score (nSPS) is 18.9. The van der Waals surface area contributed by atoms with Crippen LogP contribution >= 0.6 is 0 Å². The molecule has 0 aromatic carbocycles. The van der Waals surface area contributed by atoms with Crippen molar-refractivity contribution in [3.8, 4) is 0 Å². The second-order valence-corrected chi connectivity index (χ2v) is 6.79. The van der Waals surface area contributed by atoms with Crippen LogP contribution in [0.25, 0.3) is 0 Å². The van der Waals surface area contributed by atoms with Crippen LogP contribution < -0.4 is 4.72 Å². The van der Waals surface area contributed by atoms with Gasteiger partial charge in [0.2, 0.25) is 10.0 Å². The van der Waals surface area contributed by atoms with E-state index in [0.717, 1.165) is 32.1 Å². The van der Waals surface area contributed by atoms with Crippen molar-refractivity contribution >= 4 is 15.8 Å². The zero-order valence-corrected chi connectivity index (χ0v) is 10.8. The van der Waals surface area contributed by atoms with Crippen molar-refractivity contribution in [2.45, 2.75) is 51.2 Å². The van der Waals surface area contributed by atoms with Crippen molar-refractivity contribution in [3.05, 3.63) is 0 Å². The molecule has 0 unspecified atom stereocenters. The van der Waals surface area contributed by atoms with Gasteiger partial charge in [0.25, 0.3) is 0 Å². The molecule has 0 bridgehead atoms. The van der Waals surface area contributed by atoms with Crippen LogP contribution in [0, 0.1) is 5.92 Å². The maximum atomic E-state index is 11.8. The van der Waals surface area contributed by atoms with E-state index >= 15 is 0 Å². The monoisotopic (exact) mass is 247 g/mol. The number of hydrogen-bond acceptors (Lipinski definition) is 3. The van der Waals surface area contributed by atoms with E-state index in [1.54, 1.807) is 13.8 Å². The van der Waals surface area contributed by atoms with Gasteiger partial charge in [-0.1, -0.05) is 33.1 Å². The van der Waals surface area contributed by atoms with Crippen LogP contribution in [0.2, 0.25) is 0 Å². The van der Waals surface area contributed by atoms with E-state index in [2.05, 4.69) is 4.72 Å². The Morgan fingerprint density at radius 1 is 1.25 bits per heavy atom. The average Bonchev–Trinajstić information content (AvgIpc) is 2.27. The van der Waals surface area contributed by atoms with Gasteiger partial charge in [-0.3, -0.25) is 4.79 Å². The molecule has 0 saturated heterocycles. The molecule has 0 spiro atoms. The van der Waals surface area contributed by atoms with Gasteiger partial charge in [-0.25, -0.2) is 13.1 Å². The Bertz CT molecular complexity index is 329. The molecule has 0 atom stereocenters. The summed E-state index contributed by atoms with van der Waals surface area (Å²) in [5.41, 5.74) is 0. The lowest BCUT2D eigenvalue weighted by Crippen LogP contribution is -2.39. The van der Waals surface area contributed by atoms with Gasteiger partial charge in [0.1, 0.15) is 5.78 Å². The molecule has 4 nitrogen and oxygen atoms in total. The third-order valence-electron chi connectivity index (χ3n) is 3.08. The SMILES string of the molecule is CC(C)C(=O)CNS(=O)(=O)C1CCCCC1. The van der Waals surface area contributed by atoms with Crippen molar-refractivity contribution < 1.29 is 13.2 Å². The number of carbonyl (C=O) groups is 1. The Kier molecular flexibility index (Phi) is 4.92. The molecule has 0 aliphatic heterocycles. The smallest absolute Gasteiger partial charge is 0.214 e. The van der Waals surface area contributed by atoms with Crippen molar-refractivity contribution in [1.29, 1.82) is 0 Å². The molecule has 16 heavy (non-hydrogen) atoms. The van der Waals surface area contributed by atoms with Crippen LogP contribution in [-0.4, -0.2) is 26.0 Å². The quantitative estimate of drug-likeness (QED) is 0.800. The van der Waals surface area contributed by atoms with E-state index < -0.39 is 10.0 Å². The van der Waals surface area contributed by atoms with Gasteiger partial charge in [0.15, 0.2) is 0 Å². The average molecular weight is 247 g/mol. The summed E-state index contributed by atoms with van der Waals surface area (Å²) in [4.78, 5) is 11.3. The van der Waals surface area contributed by atoms with Crippen molar-refractivity contribution in [1.82, 2.24) is 4.72 Å². The summed E-state index contributed by atoms with van der Waals surface area (Å²) in [6, 6.07) is 0. The standard InChI is InChI=1S/C11H21NO3S/c1-9(2)11(13)8-12-16(14,15)10-6-4-3-5-7-10/h9-10,12H,3-8H2,1-2H3. The molecule has 1 rings (SSSR count). The molecule has 1 saturated carbocycles. The van der Waals surface area contributed by atoms with Crippen LogP contribution in [0.1, 0.15) is 46.0 Å². The molecule has 5 heteroatoms. The Balaban J connectivity index is 2.48. The highest BCUT2D eigenvalue weighted by Gasteiger charge is 2.27. The summed E-state index contributed by atoms with van der Waals surface area (Å²) in [5, 5.41) is -0.291. The predicted molar refractivity (Wildman–Crippen MR) is 63.6 cm³/mol. The highest BCUT2D eigenvalue weighted by molar-refractivity contribution is 7.90. The van der Waals surface area contributed by atoms with Crippen LogP contribution in [0.4, 0.5) is 0 Å². The molecular weight excluding hydrogens is 226 g/mol. The maximum absolute atomic E-state index is 11.8. The van der Waals surface area contributed by atoms with E-state index in [-0.39, 0.29) is 23.5 Å². The maximum Gasteiger partial charge on any atom is 0.214 e. The largest absolute Gasteiger partial charge is 0.298 e. The zero-order chi connectivity index (χ0) is 12.2. The lowest BCUT2D eigenvalue weighted by molar-refractivity contribution is -0.120. The molecule has 0 amide bonds. The van der Waals surface area contributed by atoms with Gasteiger partial charge in [0.05, 0.1) is 11.8 Å². The molecule has 1 N–H and O–H groups in total. The van der Waals surface area contributed by atoms with Gasteiger partial charge < -0.3 is 0 Å². The number of carbonyl (C=O) groups excluding carboxylic acids is 1. The fourth-order valence-corrected chi connectivity index (χ4v) is 3.40. The highest BCUT2D eigenvalue weighted by atomic mass is 32.2. The Hall–Kier alpha value is -0.420. The minimum absolute atomic E-state index is 0.0561. The van der Waals surface area contributed by atoms with E-state index in [1.807, 2.05) is 0 Å². The molecule has 0 aromatic heterocycles. The Morgan fingerprint density at radius 3 is 2.31 bits per heavy atom. The summed E-state index contributed by atoms with van der Waals surface area (Å²) in [7, 11) is -3.28. The molecule has 1 fully saturated rings. The Labute approximate surface area is 97.9 Å².